The minimum absolute atomic E-state index is 0.0965. The van der Waals surface area contributed by atoms with Crippen molar-refractivity contribution in [2.24, 2.45) is 11.3 Å². The van der Waals surface area contributed by atoms with Crippen molar-refractivity contribution in [2.45, 2.75) is 0 Å². The van der Waals surface area contributed by atoms with Gasteiger partial charge in [0.2, 0.25) is 0 Å². The Labute approximate surface area is 188 Å². The predicted molar refractivity (Wildman–Crippen MR) is 125 cm³/mol. The first-order valence-electron chi connectivity index (χ1n) is 9.97. The third-order valence-corrected chi connectivity index (χ3v) is 5.77. The van der Waals surface area contributed by atoms with Gasteiger partial charge in [0.1, 0.15) is 17.7 Å². The molecule has 2 aromatic rings. The van der Waals surface area contributed by atoms with E-state index < -0.39 is 11.3 Å². The van der Waals surface area contributed by atoms with Gasteiger partial charge in [-0.3, -0.25) is 0 Å². The van der Waals surface area contributed by atoms with Gasteiger partial charge in [0.25, 0.3) is 0 Å². The molecule has 0 fully saturated rings. The van der Waals surface area contributed by atoms with Gasteiger partial charge in [-0.1, -0.05) is 30.3 Å². The lowest BCUT2D eigenvalue weighted by atomic mass is 9.57. The molecule has 1 aliphatic carbocycles. The summed E-state index contributed by atoms with van der Waals surface area (Å²) in [5.41, 5.74) is 2.78. The van der Waals surface area contributed by atoms with Crippen LogP contribution in [0.4, 0.5) is 11.4 Å². The maximum atomic E-state index is 10.1. The molecule has 1 unspecified atom stereocenters. The van der Waals surface area contributed by atoms with Gasteiger partial charge in [-0.05, 0) is 46.5 Å². The van der Waals surface area contributed by atoms with E-state index in [4.69, 9.17) is 0 Å². The summed E-state index contributed by atoms with van der Waals surface area (Å²) in [6, 6.07) is 23.3. The maximum Gasteiger partial charge on any atom is 0.179 e. The third kappa shape index (κ3) is 3.56. The molecule has 0 saturated heterocycles. The minimum Gasteiger partial charge on any atom is -0.378 e. The van der Waals surface area contributed by atoms with Crippen molar-refractivity contribution < 1.29 is 0 Å². The molecule has 0 aliphatic heterocycles. The molecule has 6 nitrogen and oxygen atoms in total. The molecule has 0 amide bonds. The average molecular weight is 419 g/mol. The van der Waals surface area contributed by atoms with Crippen molar-refractivity contribution in [1.82, 2.24) is 0 Å². The van der Waals surface area contributed by atoms with E-state index in [1.807, 2.05) is 105 Å². The van der Waals surface area contributed by atoms with E-state index in [0.717, 1.165) is 16.9 Å². The highest BCUT2D eigenvalue weighted by molar-refractivity contribution is 5.92. The van der Waals surface area contributed by atoms with Crippen LogP contribution in [-0.4, -0.2) is 28.2 Å². The van der Waals surface area contributed by atoms with E-state index in [2.05, 4.69) is 12.1 Å². The van der Waals surface area contributed by atoms with E-state index in [1.165, 1.54) is 0 Å². The van der Waals surface area contributed by atoms with E-state index in [-0.39, 0.29) is 5.57 Å². The number of nitrogens with zero attached hydrogens (tertiary/aromatic N) is 6. The van der Waals surface area contributed by atoms with Crippen molar-refractivity contribution in [2.75, 3.05) is 38.0 Å². The van der Waals surface area contributed by atoms with Gasteiger partial charge in [0, 0.05) is 45.5 Å². The molecule has 1 aliphatic rings. The van der Waals surface area contributed by atoms with E-state index >= 15 is 0 Å². The molecule has 0 spiro atoms. The SMILES string of the molecule is CN(C)c1ccc(C2=CC(C(=C(C#N)C#N)c3ccc(N(C)C)cc3)C2(C#N)C#N)cc1. The highest BCUT2D eigenvalue weighted by Gasteiger charge is 2.52. The molecule has 0 saturated carbocycles. The van der Waals surface area contributed by atoms with Crippen LogP contribution >= 0.6 is 0 Å². The monoisotopic (exact) mass is 418 g/mol. The summed E-state index contributed by atoms with van der Waals surface area (Å²) in [6.45, 7) is 0. The summed E-state index contributed by atoms with van der Waals surface area (Å²) in [4.78, 5) is 3.91. The van der Waals surface area contributed by atoms with Gasteiger partial charge < -0.3 is 9.80 Å². The first-order valence-corrected chi connectivity index (χ1v) is 9.97. The van der Waals surface area contributed by atoms with E-state index in [9.17, 15) is 21.0 Å². The Morgan fingerprint density at radius 2 is 1.22 bits per heavy atom. The summed E-state index contributed by atoms with van der Waals surface area (Å²) < 4.78 is 0. The fourth-order valence-corrected chi connectivity index (χ4v) is 3.91. The Morgan fingerprint density at radius 3 is 1.62 bits per heavy atom. The van der Waals surface area contributed by atoms with Crippen molar-refractivity contribution >= 4 is 22.5 Å². The standard InChI is InChI=1S/C26H22N6/c1-31(2)21-9-5-18(6-10-21)23-13-24(26(23,16-29)17-30)25(20(14-27)15-28)19-7-11-22(12-8-19)32(3)4/h5-13,24H,1-4H3. The Bertz CT molecular complexity index is 1220. The molecule has 0 bridgehead atoms. The molecule has 0 heterocycles. The smallest absolute Gasteiger partial charge is 0.179 e. The molecule has 0 aromatic heterocycles. The van der Waals surface area contributed by atoms with E-state index in [1.54, 1.807) is 0 Å². The van der Waals surface area contributed by atoms with Crippen LogP contribution in [0.25, 0.3) is 11.1 Å². The van der Waals surface area contributed by atoms with Crippen molar-refractivity contribution in [3.63, 3.8) is 0 Å². The number of rotatable bonds is 5. The molecule has 6 heteroatoms. The van der Waals surface area contributed by atoms with Crippen LogP contribution in [-0.2, 0) is 0 Å². The fourth-order valence-electron chi connectivity index (χ4n) is 3.91. The Morgan fingerprint density at radius 1 is 0.750 bits per heavy atom. The lowest BCUT2D eigenvalue weighted by molar-refractivity contribution is 0.534. The molecule has 1 atom stereocenters. The molecule has 156 valence electrons. The molecular formula is C26H22N6. The van der Waals surface area contributed by atoms with Crippen LogP contribution in [0.3, 0.4) is 0 Å². The normalized spacial score (nSPS) is 15.5. The second-order valence-electron chi connectivity index (χ2n) is 7.98. The fraction of sp³-hybridized carbons (Fsp3) is 0.231. The van der Waals surface area contributed by atoms with Crippen LogP contribution in [0, 0.1) is 56.7 Å². The average Bonchev–Trinajstić information content (AvgIpc) is 2.79. The number of hydrogen-bond acceptors (Lipinski definition) is 6. The topological polar surface area (TPSA) is 102 Å². The highest BCUT2D eigenvalue weighted by Crippen LogP contribution is 2.56. The largest absolute Gasteiger partial charge is 0.378 e. The number of anilines is 2. The van der Waals surface area contributed by atoms with Crippen molar-refractivity contribution in [3.8, 4) is 24.3 Å². The van der Waals surface area contributed by atoms with E-state index in [0.29, 0.717) is 16.7 Å². The number of nitriles is 4. The zero-order chi connectivity index (χ0) is 23.5. The van der Waals surface area contributed by atoms with Gasteiger partial charge >= 0.3 is 0 Å². The second kappa shape index (κ2) is 8.69. The lowest BCUT2D eigenvalue weighted by Gasteiger charge is -2.40. The number of hydrogen-bond donors (Lipinski definition) is 0. The lowest BCUT2D eigenvalue weighted by Crippen LogP contribution is -2.37. The first-order chi connectivity index (χ1) is 15.3. The zero-order valence-corrected chi connectivity index (χ0v) is 18.5. The molecule has 2 aromatic carbocycles. The molecular weight excluding hydrogens is 396 g/mol. The van der Waals surface area contributed by atoms with Gasteiger partial charge in [0.05, 0.1) is 12.1 Å². The number of allylic oxidation sites excluding steroid dienone is 4. The van der Waals surface area contributed by atoms with Crippen molar-refractivity contribution in [3.05, 3.63) is 71.3 Å². The molecule has 0 N–H and O–H groups in total. The summed E-state index contributed by atoms with van der Waals surface area (Å²) in [5, 5.41) is 39.5. The highest BCUT2D eigenvalue weighted by atomic mass is 15.1. The molecule has 3 rings (SSSR count). The third-order valence-electron chi connectivity index (χ3n) is 5.77. The predicted octanol–water partition coefficient (Wildman–Crippen LogP) is 4.37. The molecule has 32 heavy (non-hydrogen) atoms. The maximum absolute atomic E-state index is 10.1. The Hall–Kier alpha value is -4.52. The van der Waals surface area contributed by atoms with Gasteiger partial charge in [-0.15, -0.1) is 0 Å². The summed E-state index contributed by atoms with van der Waals surface area (Å²) in [6.07, 6.45) is 1.82. The summed E-state index contributed by atoms with van der Waals surface area (Å²) in [5.74, 6) is -0.694. The van der Waals surface area contributed by atoms with Crippen LogP contribution < -0.4 is 9.80 Å². The van der Waals surface area contributed by atoms with Gasteiger partial charge in [0.15, 0.2) is 5.41 Å². The zero-order valence-electron chi connectivity index (χ0n) is 18.5. The minimum atomic E-state index is -1.49. The van der Waals surface area contributed by atoms with Crippen LogP contribution in [0.5, 0.6) is 0 Å². The van der Waals surface area contributed by atoms with Gasteiger partial charge in [-0.25, -0.2) is 0 Å². The number of benzene rings is 2. The molecule has 0 radical (unpaired) electrons. The Kier molecular flexibility index (Phi) is 6.02. The Balaban J connectivity index is 2.16. The quantitative estimate of drug-likeness (QED) is 0.668. The second-order valence-corrected chi connectivity index (χ2v) is 7.98. The van der Waals surface area contributed by atoms with Crippen molar-refractivity contribution in [1.29, 1.82) is 21.0 Å². The first kappa shape index (κ1) is 22.2. The summed E-state index contributed by atoms with van der Waals surface area (Å²) >= 11 is 0. The van der Waals surface area contributed by atoms with Gasteiger partial charge in [-0.2, -0.15) is 21.0 Å². The van der Waals surface area contributed by atoms with Crippen LogP contribution in [0.1, 0.15) is 11.1 Å². The van der Waals surface area contributed by atoms with Crippen LogP contribution in [0.15, 0.2) is 60.2 Å². The summed E-state index contributed by atoms with van der Waals surface area (Å²) in [7, 11) is 7.71. The van der Waals surface area contributed by atoms with Crippen LogP contribution in [0.2, 0.25) is 0 Å².